The van der Waals surface area contributed by atoms with E-state index < -0.39 is 0 Å². The van der Waals surface area contributed by atoms with Crippen LogP contribution in [-0.2, 0) is 0 Å². The summed E-state index contributed by atoms with van der Waals surface area (Å²) in [4.78, 5) is 2.28. The molecule has 0 unspecified atom stereocenters. The van der Waals surface area contributed by atoms with Crippen molar-refractivity contribution < 1.29 is 0 Å². The third kappa shape index (κ3) is 2.63. The van der Waals surface area contributed by atoms with Gasteiger partial charge in [0.25, 0.3) is 0 Å². The van der Waals surface area contributed by atoms with Gasteiger partial charge in [-0.25, -0.2) is 0 Å². The second-order valence-corrected chi connectivity index (χ2v) is 3.89. The van der Waals surface area contributed by atoms with Crippen LogP contribution >= 0.6 is 12.2 Å². The average molecular weight is 186 g/mol. The van der Waals surface area contributed by atoms with E-state index in [4.69, 9.17) is 12.2 Å². The molecule has 0 aliphatic carbocycles. The van der Waals surface area contributed by atoms with E-state index in [1.807, 2.05) is 0 Å². The molecule has 0 radical (unpaired) electrons. The summed E-state index contributed by atoms with van der Waals surface area (Å²) in [7, 11) is 0. The molecule has 1 saturated heterocycles. The Kier molecular flexibility index (Phi) is 3.79. The van der Waals surface area contributed by atoms with Crippen LogP contribution in [0.3, 0.4) is 0 Å². The first-order valence-electron chi connectivity index (χ1n) is 4.76. The van der Waals surface area contributed by atoms with Gasteiger partial charge >= 0.3 is 0 Å². The third-order valence-corrected chi connectivity index (χ3v) is 2.80. The van der Waals surface area contributed by atoms with Crippen molar-refractivity contribution in [3.63, 3.8) is 0 Å². The van der Waals surface area contributed by atoms with E-state index in [-0.39, 0.29) is 0 Å². The van der Waals surface area contributed by atoms with Crippen molar-refractivity contribution in [1.29, 1.82) is 0 Å². The van der Waals surface area contributed by atoms with E-state index in [1.165, 1.54) is 12.8 Å². The summed E-state index contributed by atoms with van der Waals surface area (Å²) in [6.45, 7) is 7.59. The Bertz CT molecular complexity index is 151. The van der Waals surface area contributed by atoms with Gasteiger partial charge in [0.2, 0.25) is 0 Å². The van der Waals surface area contributed by atoms with Crippen LogP contribution in [0.25, 0.3) is 0 Å². The van der Waals surface area contributed by atoms with Gasteiger partial charge in [0.1, 0.15) is 0 Å². The standard InChI is InChI=1S/C9H18N2S/c1-3-10-9(12)11-6-4-8(2)5-7-11/h8H,3-7H2,1-2H3,(H,10,12). The SMILES string of the molecule is CCNC(=S)N1CCC(C)CC1. The van der Waals surface area contributed by atoms with Crippen molar-refractivity contribution in [2.75, 3.05) is 19.6 Å². The topological polar surface area (TPSA) is 15.3 Å². The molecule has 1 aliphatic heterocycles. The van der Waals surface area contributed by atoms with Gasteiger partial charge in [-0.3, -0.25) is 0 Å². The quantitative estimate of drug-likeness (QED) is 0.626. The number of piperidine rings is 1. The predicted molar refractivity (Wildman–Crippen MR) is 56.2 cm³/mol. The summed E-state index contributed by atoms with van der Waals surface area (Å²) >= 11 is 5.23. The van der Waals surface area contributed by atoms with Crippen LogP contribution in [0.15, 0.2) is 0 Å². The van der Waals surface area contributed by atoms with E-state index in [2.05, 4.69) is 24.1 Å². The minimum absolute atomic E-state index is 0.880. The highest BCUT2D eigenvalue weighted by molar-refractivity contribution is 7.80. The summed E-state index contributed by atoms with van der Waals surface area (Å²) < 4.78 is 0. The number of likely N-dealkylation sites (tertiary alicyclic amines) is 1. The van der Waals surface area contributed by atoms with Gasteiger partial charge in [-0.1, -0.05) is 6.92 Å². The fourth-order valence-electron chi connectivity index (χ4n) is 1.47. The minimum atomic E-state index is 0.880. The zero-order valence-electron chi connectivity index (χ0n) is 7.97. The van der Waals surface area contributed by atoms with Crippen LogP contribution in [-0.4, -0.2) is 29.6 Å². The van der Waals surface area contributed by atoms with Crippen molar-refractivity contribution in [1.82, 2.24) is 10.2 Å². The number of nitrogens with zero attached hydrogens (tertiary/aromatic N) is 1. The van der Waals surface area contributed by atoms with E-state index in [9.17, 15) is 0 Å². The molecule has 12 heavy (non-hydrogen) atoms. The summed E-state index contributed by atoms with van der Waals surface area (Å²) in [6.07, 6.45) is 2.57. The molecule has 0 saturated carbocycles. The minimum Gasteiger partial charge on any atom is -0.363 e. The lowest BCUT2D eigenvalue weighted by Crippen LogP contribution is -2.43. The van der Waals surface area contributed by atoms with Crippen molar-refractivity contribution in [2.45, 2.75) is 26.7 Å². The molecule has 1 N–H and O–H groups in total. The van der Waals surface area contributed by atoms with Crippen LogP contribution in [0.1, 0.15) is 26.7 Å². The first-order chi connectivity index (χ1) is 5.74. The maximum absolute atomic E-state index is 5.23. The Morgan fingerprint density at radius 2 is 2.08 bits per heavy atom. The largest absolute Gasteiger partial charge is 0.363 e. The highest BCUT2D eigenvalue weighted by Gasteiger charge is 2.16. The monoisotopic (exact) mass is 186 g/mol. The average Bonchev–Trinajstić information content (AvgIpc) is 2.06. The first kappa shape index (κ1) is 9.78. The first-order valence-corrected chi connectivity index (χ1v) is 5.17. The zero-order chi connectivity index (χ0) is 8.97. The van der Waals surface area contributed by atoms with E-state index >= 15 is 0 Å². The van der Waals surface area contributed by atoms with Crippen molar-refractivity contribution in [2.24, 2.45) is 5.92 Å². The lowest BCUT2D eigenvalue weighted by molar-refractivity contribution is 0.278. The number of thiocarbonyl (C=S) groups is 1. The second kappa shape index (κ2) is 4.65. The fourth-order valence-corrected chi connectivity index (χ4v) is 1.80. The number of nitrogens with one attached hydrogen (secondary N) is 1. The Labute approximate surface area is 80.3 Å². The number of hydrogen-bond acceptors (Lipinski definition) is 1. The van der Waals surface area contributed by atoms with Gasteiger partial charge in [0.05, 0.1) is 0 Å². The summed E-state index contributed by atoms with van der Waals surface area (Å²) in [6, 6.07) is 0. The second-order valence-electron chi connectivity index (χ2n) is 3.51. The normalized spacial score (nSPS) is 19.3. The van der Waals surface area contributed by atoms with E-state index in [1.54, 1.807) is 0 Å². The maximum Gasteiger partial charge on any atom is 0.168 e. The van der Waals surface area contributed by atoms with Gasteiger partial charge in [-0.2, -0.15) is 0 Å². The van der Waals surface area contributed by atoms with Crippen molar-refractivity contribution in [3.05, 3.63) is 0 Å². The molecule has 2 nitrogen and oxygen atoms in total. The Balaban J connectivity index is 2.29. The van der Waals surface area contributed by atoms with Gasteiger partial charge in [0, 0.05) is 19.6 Å². The van der Waals surface area contributed by atoms with E-state index in [0.717, 1.165) is 30.7 Å². The highest BCUT2D eigenvalue weighted by atomic mass is 32.1. The predicted octanol–water partition coefficient (Wildman–Crippen LogP) is 1.61. The van der Waals surface area contributed by atoms with Crippen LogP contribution in [0.5, 0.6) is 0 Å². The van der Waals surface area contributed by atoms with Gasteiger partial charge in [-0.05, 0) is 37.9 Å². The van der Waals surface area contributed by atoms with Gasteiger partial charge in [0.15, 0.2) is 5.11 Å². The molecule has 1 heterocycles. The molecule has 0 spiro atoms. The Hall–Kier alpha value is -0.310. The number of hydrogen-bond donors (Lipinski definition) is 1. The molecule has 0 amide bonds. The lowest BCUT2D eigenvalue weighted by atomic mass is 10.00. The van der Waals surface area contributed by atoms with E-state index in [0.29, 0.717) is 0 Å². The molecule has 3 heteroatoms. The Morgan fingerprint density at radius 1 is 1.50 bits per heavy atom. The van der Waals surface area contributed by atoms with Crippen LogP contribution in [0.2, 0.25) is 0 Å². The van der Waals surface area contributed by atoms with Gasteiger partial charge < -0.3 is 10.2 Å². The molecule has 0 atom stereocenters. The van der Waals surface area contributed by atoms with Crippen molar-refractivity contribution >= 4 is 17.3 Å². The summed E-state index contributed by atoms with van der Waals surface area (Å²) in [5.74, 6) is 0.880. The number of rotatable bonds is 1. The van der Waals surface area contributed by atoms with Gasteiger partial charge in [-0.15, -0.1) is 0 Å². The lowest BCUT2D eigenvalue weighted by Gasteiger charge is -2.32. The molecule has 1 fully saturated rings. The molecule has 1 aliphatic rings. The van der Waals surface area contributed by atoms with Crippen LogP contribution < -0.4 is 5.32 Å². The summed E-state index contributed by atoms with van der Waals surface area (Å²) in [5, 5.41) is 4.12. The molecule has 70 valence electrons. The van der Waals surface area contributed by atoms with Crippen LogP contribution in [0, 0.1) is 5.92 Å². The molecule has 0 aromatic carbocycles. The molecule has 0 bridgehead atoms. The molecule has 1 rings (SSSR count). The Morgan fingerprint density at radius 3 is 2.58 bits per heavy atom. The smallest absolute Gasteiger partial charge is 0.168 e. The molecule has 0 aromatic rings. The molecular formula is C9H18N2S. The van der Waals surface area contributed by atoms with Crippen molar-refractivity contribution in [3.8, 4) is 0 Å². The highest BCUT2D eigenvalue weighted by Crippen LogP contribution is 2.15. The molecule has 0 aromatic heterocycles. The van der Waals surface area contributed by atoms with Crippen LogP contribution in [0.4, 0.5) is 0 Å². The fraction of sp³-hybridized carbons (Fsp3) is 0.889. The maximum atomic E-state index is 5.23. The molecular weight excluding hydrogens is 168 g/mol. The zero-order valence-corrected chi connectivity index (χ0v) is 8.78. The third-order valence-electron chi connectivity index (χ3n) is 2.40. The summed E-state index contributed by atoms with van der Waals surface area (Å²) in [5.41, 5.74) is 0.